The molecule has 0 atom stereocenters. The highest BCUT2D eigenvalue weighted by Gasteiger charge is 2.40. The highest BCUT2D eigenvalue weighted by molar-refractivity contribution is 6.46. The van der Waals surface area contributed by atoms with Crippen LogP contribution in [0.2, 0.25) is 5.02 Å². The van der Waals surface area contributed by atoms with Crippen molar-refractivity contribution >= 4 is 40.4 Å². The molecular formula is C26H23ClN2O4. The van der Waals surface area contributed by atoms with Gasteiger partial charge in [-0.3, -0.25) is 9.59 Å². The van der Waals surface area contributed by atoms with Crippen LogP contribution in [0.5, 0.6) is 11.5 Å². The van der Waals surface area contributed by atoms with Crippen molar-refractivity contribution in [2.45, 2.75) is 13.8 Å². The third-order valence-corrected chi connectivity index (χ3v) is 5.45. The Bertz CT molecular complexity index is 1250. The summed E-state index contributed by atoms with van der Waals surface area (Å²) in [5.74, 6) is 0.294. The number of nitrogens with zero attached hydrogens (tertiary/aromatic N) is 1. The van der Waals surface area contributed by atoms with Crippen LogP contribution in [-0.2, 0) is 9.59 Å². The molecule has 0 fully saturated rings. The predicted octanol–water partition coefficient (Wildman–Crippen LogP) is 5.45. The first kappa shape index (κ1) is 22.4. The van der Waals surface area contributed by atoms with E-state index in [9.17, 15) is 9.59 Å². The number of carbonyl (C=O) groups is 2. The van der Waals surface area contributed by atoms with E-state index < -0.39 is 11.8 Å². The number of anilines is 2. The molecule has 168 valence electrons. The molecular weight excluding hydrogens is 440 g/mol. The van der Waals surface area contributed by atoms with Crippen molar-refractivity contribution < 1.29 is 19.1 Å². The van der Waals surface area contributed by atoms with E-state index in [1.165, 1.54) is 12.0 Å². The van der Waals surface area contributed by atoms with Crippen LogP contribution in [-0.4, -0.2) is 25.5 Å². The number of hydrogen-bond donors (Lipinski definition) is 1. The van der Waals surface area contributed by atoms with Gasteiger partial charge >= 0.3 is 0 Å². The molecule has 2 amide bonds. The van der Waals surface area contributed by atoms with Gasteiger partial charge in [-0.15, -0.1) is 0 Å². The number of imide groups is 1. The molecule has 1 aliphatic heterocycles. The molecule has 0 unspecified atom stereocenters. The second-order valence-electron chi connectivity index (χ2n) is 7.46. The van der Waals surface area contributed by atoms with E-state index in [1.54, 1.807) is 54.6 Å². The maximum Gasteiger partial charge on any atom is 0.282 e. The molecule has 6 nitrogen and oxygen atoms in total. The molecule has 1 N–H and O–H groups in total. The largest absolute Gasteiger partial charge is 0.495 e. The maximum absolute atomic E-state index is 13.6. The van der Waals surface area contributed by atoms with E-state index in [0.717, 1.165) is 5.56 Å². The highest BCUT2D eigenvalue weighted by atomic mass is 35.5. The number of methoxy groups -OCH3 is 1. The lowest BCUT2D eigenvalue weighted by molar-refractivity contribution is -0.120. The number of halogens is 1. The summed E-state index contributed by atoms with van der Waals surface area (Å²) in [7, 11) is 1.52. The number of ether oxygens (including phenoxy) is 2. The first-order valence-corrected chi connectivity index (χ1v) is 10.8. The van der Waals surface area contributed by atoms with Crippen LogP contribution in [0.3, 0.4) is 0 Å². The van der Waals surface area contributed by atoms with Gasteiger partial charge in [-0.1, -0.05) is 35.9 Å². The lowest BCUT2D eigenvalue weighted by Gasteiger charge is -2.16. The highest BCUT2D eigenvalue weighted by Crippen LogP contribution is 2.37. The molecule has 0 aliphatic carbocycles. The van der Waals surface area contributed by atoms with Gasteiger partial charge in [-0.2, -0.15) is 0 Å². The number of aryl methyl sites for hydroxylation is 1. The van der Waals surface area contributed by atoms with E-state index in [-0.39, 0.29) is 11.3 Å². The fourth-order valence-electron chi connectivity index (χ4n) is 3.71. The van der Waals surface area contributed by atoms with Gasteiger partial charge in [0.25, 0.3) is 11.8 Å². The fraction of sp³-hybridized carbons (Fsp3) is 0.154. The van der Waals surface area contributed by atoms with Gasteiger partial charge in [-0.05, 0) is 67.4 Å². The van der Waals surface area contributed by atoms with Crippen LogP contribution in [0, 0.1) is 6.92 Å². The first-order valence-electron chi connectivity index (χ1n) is 10.5. The van der Waals surface area contributed by atoms with E-state index in [4.69, 9.17) is 21.1 Å². The summed E-state index contributed by atoms with van der Waals surface area (Å²) < 4.78 is 10.9. The normalized spacial score (nSPS) is 13.5. The van der Waals surface area contributed by atoms with E-state index in [2.05, 4.69) is 5.32 Å². The van der Waals surface area contributed by atoms with Crippen molar-refractivity contribution in [2.24, 2.45) is 0 Å². The summed E-state index contributed by atoms with van der Waals surface area (Å²) in [5.41, 5.74) is 2.92. The molecule has 3 aromatic rings. The average molecular weight is 463 g/mol. The molecule has 0 saturated carbocycles. The smallest absolute Gasteiger partial charge is 0.282 e. The van der Waals surface area contributed by atoms with E-state index in [1.807, 2.05) is 26.0 Å². The second kappa shape index (κ2) is 9.38. The van der Waals surface area contributed by atoms with Gasteiger partial charge < -0.3 is 14.8 Å². The maximum atomic E-state index is 13.6. The second-order valence-corrected chi connectivity index (χ2v) is 7.90. The first-order chi connectivity index (χ1) is 15.9. The Morgan fingerprint density at radius 3 is 2.39 bits per heavy atom. The summed E-state index contributed by atoms with van der Waals surface area (Å²) in [6, 6.07) is 19.4. The Balaban J connectivity index is 1.83. The van der Waals surface area contributed by atoms with Crippen LogP contribution in [0.15, 0.2) is 72.4 Å². The van der Waals surface area contributed by atoms with Crippen LogP contribution in [0.25, 0.3) is 5.57 Å². The number of benzene rings is 3. The number of carbonyl (C=O) groups excluding carboxylic acids is 2. The minimum absolute atomic E-state index is 0.145. The van der Waals surface area contributed by atoms with Crippen LogP contribution in [0.1, 0.15) is 18.1 Å². The quantitative estimate of drug-likeness (QED) is 0.473. The van der Waals surface area contributed by atoms with Gasteiger partial charge in [0.1, 0.15) is 17.2 Å². The zero-order chi connectivity index (χ0) is 23.5. The predicted molar refractivity (Wildman–Crippen MR) is 130 cm³/mol. The minimum Gasteiger partial charge on any atom is -0.495 e. The SMILES string of the molecule is CCOc1ccc(C2=C(Nc3cc(Cl)ccc3OC)C(=O)N(c3cccc(C)c3)C2=O)cc1. The van der Waals surface area contributed by atoms with Crippen molar-refractivity contribution in [3.8, 4) is 11.5 Å². The monoisotopic (exact) mass is 462 g/mol. The number of amides is 2. The summed E-state index contributed by atoms with van der Waals surface area (Å²) in [4.78, 5) is 28.3. The summed E-state index contributed by atoms with van der Waals surface area (Å²) >= 11 is 6.18. The lowest BCUT2D eigenvalue weighted by Crippen LogP contribution is -2.32. The Hall–Kier alpha value is -3.77. The molecule has 0 spiro atoms. The van der Waals surface area contributed by atoms with Gasteiger partial charge in [0.05, 0.1) is 30.7 Å². The van der Waals surface area contributed by atoms with E-state index in [0.29, 0.717) is 40.1 Å². The van der Waals surface area contributed by atoms with Crippen molar-refractivity contribution in [3.05, 3.63) is 88.6 Å². The fourth-order valence-corrected chi connectivity index (χ4v) is 3.88. The standard InChI is InChI=1S/C26H23ClN2O4/c1-4-33-20-11-8-17(9-12-20)23-24(28-21-15-18(27)10-13-22(21)32-3)26(31)29(25(23)30)19-7-5-6-16(2)14-19/h5-15,28H,4H2,1-3H3. The third kappa shape index (κ3) is 4.43. The Morgan fingerprint density at radius 2 is 1.73 bits per heavy atom. The molecule has 0 radical (unpaired) electrons. The van der Waals surface area contributed by atoms with Crippen molar-refractivity contribution in [3.63, 3.8) is 0 Å². The van der Waals surface area contributed by atoms with Gasteiger partial charge in [0.15, 0.2) is 0 Å². The van der Waals surface area contributed by atoms with E-state index >= 15 is 0 Å². The van der Waals surface area contributed by atoms with Crippen LogP contribution in [0.4, 0.5) is 11.4 Å². The molecule has 1 heterocycles. The zero-order valence-electron chi connectivity index (χ0n) is 18.5. The molecule has 0 saturated heterocycles. The Morgan fingerprint density at radius 1 is 0.970 bits per heavy atom. The topological polar surface area (TPSA) is 67.9 Å². The number of nitrogens with one attached hydrogen (secondary N) is 1. The van der Waals surface area contributed by atoms with Crippen LogP contribution >= 0.6 is 11.6 Å². The number of hydrogen-bond acceptors (Lipinski definition) is 5. The molecule has 4 rings (SSSR count). The van der Waals surface area contributed by atoms with Crippen molar-refractivity contribution in [2.75, 3.05) is 23.9 Å². The van der Waals surface area contributed by atoms with Gasteiger partial charge in [0, 0.05) is 5.02 Å². The minimum atomic E-state index is -0.462. The molecule has 33 heavy (non-hydrogen) atoms. The van der Waals surface area contributed by atoms with Crippen molar-refractivity contribution in [1.29, 1.82) is 0 Å². The van der Waals surface area contributed by atoms with Crippen molar-refractivity contribution in [1.82, 2.24) is 0 Å². The summed E-state index contributed by atoms with van der Waals surface area (Å²) in [6.07, 6.45) is 0. The summed E-state index contributed by atoms with van der Waals surface area (Å²) in [6.45, 7) is 4.34. The molecule has 0 bridgehead atoms. The molecule has 3 aromatic carbocycles. The average Bonchev–Trinajstić information content (AvgIpc) is 3.04. The van der Waals surface area contributed by atoms with Crippen LogP contribution < -0.4 is 19.7 Å². The van der Waals surface area contributed by atoms with Gasteiger partial charge in [0.2, 0.25) is 0 Å². The zero-order valence-corrected chi connectivity index (χ0v) is 19.3. The Labute approximate surface area is 197 Å². The third-order valence-electron chi connectivity index (χ3n) is 5.22. The Kier molecular flexibility index (Phi) is 6.38. The van der Waals surface area contributed by atoms with Gasteiger partial charge in [-0.25, -0.2) is 4.90 Å². The molecule has 1 aliphatic rings. The lowest BCUT2D eigenvalue weighted by atomic mass is 10.0. The summed E-state index contributed by atoms with van der Waals surface area (Å²) in [5, 5.41) is 3.58. The number of rotatable bonds is 7. The molecule has 7 heteroatoms. The molecule has 0 aromatic heterocycles.